The molecule has 0 rings (SSSR count). The fourth-order valence-corrected chi connectivity index (χ4v) is 7.12. The third-order valence-corrected chi connectivity index (χ3v) is 10.5. The van der Waals surface area contributed by atoms with Crippen molar-refractivity contribution in [2.24, 2.45) is 5.73 Å². The molecule has 2 unspecified atom stereocenters. The predicted octanol–water partition coefficient (Wildman–Crippen LogP) is 12.5. The van der Waals surface area contributed by atoms with Crippen LogP contribution < -0.4 is 5.73 Å². The maximum Gasteiger partial charge on any atom is 0.472 e. The first kappa shape index (κ1) is 49.5. The van der Waals surface area contributed by atoms with Gasteiger partial charge in [-0.3, -0.25) is 13.8 Å². The van der Waals surface area contributed by atoms with Crippen molar-refractivity contribution in [1.29, 1.82) is 0 Å². The van der Waals surface area contributed by atoms with Crippen molar-refractivity contribution in [3.63, 3.8) is 0 Å². The molecule has 300 valence electrons. The van der Waals surface area contributed by atoms with Crippen molar-refractivity contribution in [1.82, 2.24) is 0 Å². The largest absolute Gasteiger partial charge is 0.472 e. The van der Waals surface area contributed by atoms with Crippen LogP contribution in [0, 0.1) is 0 Å². The van der Waals surface area contributed by atoms with E-state index in [1.165, 1.54) is 167 Å². The number of phosphoric acid groups is 1. The van der Waals surface area contributed by atoms with Gasteiger partial charge in [-0.05, 0) is 12.8 Å². The number of carbonyl (C=O) groups excluding carboxylic acids is 1. The van der Waals surface area contributed by atoms with Gasteiger partial charge in [0.05, 0.1) is 19.8 Å². The molecule has 0 fully saturated rings. The summed E-state index contributed by atoms with van der Waals surface area (Å²) < 4.78 is 33.4. The molecule has 0 aromatic heterocycles. The fourth-order valence-electron chi connectivity index (χ4n) is 6.35. The van der Waals surface area contributed by atoms with Gasteiger partial charge in [0.2, 0.25) is 0 Å². The molecule has 0 amide bonds. The molecule has 0 bridgehead atoms. The quantitative estimate of drug-likeness (QED) is 0.0362. The summed E-state index contributed by atoms with van der Waals surface area (Å²) in [5.41, 5.74) is 5.37. The van der Waals surface area contributed by atoms with Crippen LogP contribution in [-0.2, 0) is 27.9 Å². The molecule has 0 aliphatic carbocycles. The lowest BCUT2D eigenvalue weighted by Gasteiger charge is -2.20. The standard InChI is InChI=1S/C41H84NO7P/c1-3-5-7-9-11-13-15-17-19-20-21-23-25-27-29-31-33-36-46-38-40(39-48-50(44,45)47-37-35-42)49-41(43)34-32-30-28-26-24-22-18-16-14-12-10-8-6-4-2/h40H,3-39,42H2,1-2H3,(H,44,45). The van der Waals surface area contributed by atoms with Gasteiger partial charge in [-0.25, -0.2) is 4.57 Å². The molecule has 0 aromatic rings. The van der Waals surface area contributed by atoms with Crippen LogP contribution in [0.2, 0.25) is 0 Å². The van der Waals surface area contributed by atoms with Crippen LogP contribution in [0.15, 0.2) is 0 Å². The number of nitrogens with two attached hydrogens (primary N) is 1. The van der Waals surface area contributed by atoms with Gasteiger partial charge < -0.3 is 20.1 Å². The second-order valence-corrected chi connectivity index (χ2v) is 16.0. The summed E-state index contributed by atoms with van der Waals surface area (Å²) in [6.07, 6.45) is 39.7. The van der Waals surface area contributed by atoms with E-state index < -0.39 is 13.9 Å². The van der Waals surface area contributed by atoms with Gasteiger partial charge in [0, 0.05) is 19.6 Å². The van der Waals surface area contributed by atoms with Gasteiger partial charge in [-0.15, -0.1) is 0 Å². The minimum atomic E-state index is -4.27. The van der Waals surface area contributed by atoms with E-state index in [0.717, 1.165) is 32.1 Å². The van der Waals surface area contributed by atoms with Gasteiger partial charge in [0.15, 0.2) is 0 Å². The first-order valence-corrected chi connectivity index (χ1v) is 23.0. The Balaban J connectivity index is 3.97. The van der Waals surface area contributed by atoms with Crippen LogP contribution in [0.1, 0.15) is 219 Å². The molecule has 0 saturated carbocycles. The molecular weight excluding hydrogens is 649 g/mol. The summed E-state index contributed by atoms with van der Waals surface area (Å²) in [4.78, 5) is 22.4. The molecule has 50 heavy (non-hydrogen) atoms. The lowest BCUT2D eigenvalue weighted by molar-refractivity contribution is -0.154. The number of carbonyl (C=O) groups is 1. The Hall–Kier alpha value is -0.500. The molecule has 0 aliphatic heterocycles. The molecule has 0 spiro atoms. The summed E-state index contributed by atoms with van der Waals surface area (Å²) in [6.45, 7) is 4.98. The Morgan fingerprint density at radius 1 is 0.520 bits per heavy atom. The van der Waals surface area contributed by atoms with Crippen molar-refractivity contribution in [2.45, 2.75) is 225 Å². The van der Waals surface area contributed by atoms with Crippen molar-refractivity contribution < 1.29 is 32.8 Å². The lowest BCUT2D eigenvalue weighted by atomic mass is 10.0. The SMILES string of the molecule is CCCCCCCCCCCCCCCCCCCOCC(COP(=O)(O)OCCN)OC(=O)CCCCCCCCCCCCCCCC. The minimum Gasteiger partial charge on any atom is -0.457 e. The Morgan fingerprint density at radius 2 is 0.880 bits per heavy atom. The number of esters is 1. The third-order valence-electron chi connectivity index (χ3n) is 9.52. The van der Waals surface area contributed by atoms with Gasteiger partial charge >= 0.3 is 13.8 Å². The van der Waals surface area contributed by atoms with Gasteiger partial charge in [-0.2, -0.15) is 0 Å². The highest BCUT2D eigenvalue weighted by Gasteiger charge is 2.25. The zero-order valence-corrected chi connectivity index (χ0v) is 34.1. The lowest BCUT2D eigenvalue weighted by Crippen LogP contribution is -2.28. The molecule has 0 aliphatic rings. The van der Waals surface area contributed by atoms with Gasteiger partial charge in [-0.1, -0.05) is 200 Å². The van der Waals surface area contributed by atoms with Crippen LogP contribution in [0.25, 0.3) is 0 Å². The fraction of sp³-hybridized carbons (Fsp3) is 0.976. The van der Waals surface area contributed by atoms with E-state index >= 15 is 0 Å². The second kappa shape index (κ2) is 39.7. The van der Waals surface area contributed by atoms with Crippen LogP contribution in [0.4, 0.5) is 0 Å². The number of ether oxygens (including phenoxy) is 2. The van der Waals surface area contributed by atoms with E-state index in [2.05, 4.69) is 13.8 Å². The average Bonchev–Trinajstić information content (AvgIpc) is 3.10. The number of hydrogen-bond acceptors (Lipinski definition) is 7. The summed E-state index contributed by atoms with van der Waals surface area (Å²) in [6, 6.07) is 0. The first-order valence-electron chi connectivity index (χ1n) is 21.5. The Kier molecular flexibility index (Phi) is 39.3. The van der Waals surface area contributed by atoms with Gasteiger partial charge in [0.25, 0.3) is 0 Å². The Labute approximate surface area is 310 Å². The zero-order chi connectivity index (χ0) is 36.6. The van der Waals surface area contributed by atoms with E-state index in [1.807, 2.05) is 0 Å². The smallest absolute Gasteiger partial charge is 0.457 e. The molecular formula is C41H84NO7P. The predicted molar refractivity (Wildman–Crippen MR) is 211 cm³/mol. The Morgan fingerprint density at radius 3 is 1.26 bits per heavy atom. The summed E-state index contributed by atoms with van der Waals surface area (Å²) in [5, 5.41) is 0. The van der Waals surface area contributed by atoms with Crippen molar-refractivity contribution in [3.05, 3.63) is 0 Å². The highest BCUT2D eigenvalue weighted by atomic mass is 31.2. The van der Waals surface area contributed by atoms with Gasteiger partial charge in [0.1, 0.15) is 6.10 Å². The van der Waals surface area contributed by atoms with E-state index in [1.54, 1.807) is 0 Å². The number of unbranched alkanes of at least 4 members (excludes halogenated alkanes) is 29. The first-order chi connectivity index (χ1) is 24.4. The molecule has 8 nitrogen and oxygen atoms in total. The number of hydrogen-bond donors (Lipinski definition) is 2. The van der Waals surface area contributed by atoms with Crippen molar-refractivity contribution in [3.8, 4) is 0 Å². The van der Waals surface area contributed by atoms with Crippen LogP contribution in [0.5, 0.6) is 0 Å². The number of rotatable bonds is 42. The van der Waals surface area contributed by atoms with Crippen LogP contribution in [-0.4, -0.2) is 49.9 Å². The summed E-state index contributed by atoms with van der Waals surface area (Å²) >= 11 is 0. The Bertz CT molecular complexity index is 742. The van der Waals surface area contributed by atoms with Crippen LogP contribution in [0.3, 0.4) is 0 Å². The molecule has 9 heteroatoms. The maximum absolute atomic E-state index is 12.6. The zero-order valence-electron chi connectivity index (χ0n) is 33.2. The monoisotopic (exact) mass is 734 g/mol. The highest BCUT2D eigenvalue weighted by molar-refractivity contribution is 7.47. The third kappa shape index (κ3) is 38.7. The van der Waals surface area contributed by atoms with E-state index in [4.69, 9.17) is 24.3 Å². The van der Waals surface area contributed by atoms with E-state index in [9.17, 15) is 14.3 Å². The number of phosphoric ester groups is 1. The van der Waals surface area contributed by atoms with E-state index in [-0.39, 0.29) is 32.3 Å². The molecule has 3 N–H and O–H groups in total. The van der Waals surface area contributed by atoms with Crippen LogP contribution >= 0.6 is 7.82 Å². The van der Waals surface area contributed by atoms with Crippen molar-refractivity contribution >= 4 is 13.8 Å². The molecule has 0 radical (unpaired) electrons. The van der Waals surface area contributed by atoms with E-state index in [0.29, 0.717) is 13.0 Å². The molecule has 0 saturated heterocycles. The summed E-state index contributed by atoms with van der Waals surface area (Å²) in [7, 11) is -4.27. The molecule has 0 heterocycles. The highest BCUT2D eigenvalue weighted by Crippen LogP contribution is 2.43. The normalized spacial score (nSPS) is 13.4. The second-order valence-electron chi connectivity index (χ2n) is 14.6. The summed E-state index contributed by atoms with van der Waals surface area (Å²) in [5.74, 6) is -0.324. The average molecular weight is 734 g/mol. The molecule has 0 aromatic carbocycles. The molecule has 2 atom stereocenters. The minimum absolute atomic E-state index is 0.0901. The maximum atomic E-state index is 12.6. The van der Waals surface area contributed by atoms with Crippen molar-refractivity contribution in [2.75, 3.05) is 33.0 Å². The topological polar surface area (TPSA) is 117 Å².